The summed E-state index contributed by atoms with van der Waals surface area (Å²) in [4.78, 5) is 15.8. The zero-order chi connectivity index (χ0) is 24.0. The molecule has 184 valence electrons. The summed E-state index contributed by atoms with van der Waals surface area (Å²) >= 11 is 0. The molecule has 0 aliphatic carbocycles. The summed E-state index contributed by atoms with van der Waals surface area (Å²) in [5.41, 5.74) is 1.04. The second-order valence-electron chi connectivity index (χ2n) is 8.76. The van der Waals surface area contributed by atoms with Crippen LogP contribution in [0.5, 0.6) is 5.75 Å². The number of hydrogen-bond donors (Lipinski definition) is 1. The van der Waals surface area contributed by atoms with E-state index in [1.54, 1.807) is 31.4 Å². The Morgan fingerprint density at radius 2 is 1.79 bits per heavy atom. The van der Waals surface area contributed by atoms with Crippen molar-refractivity contribution in [1.29, 1.82) is 0 Å². The predicted octanol–water partition coefficient (Wildman–Crippen LogP) is 2.29. The average molecular weight is 488 g/mol. The summed E-state index contributed by atoms with van der Waals surface area (Å²) in [5, 5.41) is 3.22. The minimum Gasteiger partial charge on any atom is -0.497 e. The Labute approximate surface area is 201 Å². The van der Waals surface area contributed by atoms with E-state index in [0.29, 0.717) is 44.9 Å². The third kappa shape index (κ3) is 5.96. The summed E-state index contributed by atoms with van der Waals surface area (Å²) in [6.45, 7) is 4.33. The highest BCUT2D eigenvalue weighted by molar-refractivity contribution is 7.89. The molecule has 2 saturated heterocycles. The fraction of sp³-hybridized carbons (Fsp3) is 0.480. The van der Waals surface area contributed by atoms with E-state index in [4.69, 9.17) is 9.47 Å². The Hall–Kier alpha value is -2.46. The molecule has 1 amide bonds. The maximum absolute atomic E-state index is 13.3. The lowest BCUT2D eigenvalue weighted by Crippen LogP contribution is -2.48. The minimum atomic E-state index is -3.68. The Bertz CT molecular complexity index is 1040. The molecule has 4 rings (SSSR count). The van der Waals surface area contributed by atoms with E-state index in [0.717, 1.165) is 18.7 Å². The molecule has 0 aromatic heterocycles. The van der Waals surface area contributed by atoms with Gasteiger partial charge in [-0.25, -0.2) is 8.42 Å². The highest BCUT2D eigenvalue weighted by Crippen LogP contribution is 2.26. The highest BCUT2D eigenvalue weighted by Gasteiger charge is 2.34. The van der Waals surface area contributed by atoms with Crippen LogP contribution in [-0.2, 0) is 19.6 Å². The van der Waals surface area contributed by atoms with E-state index >= 15 is 0 Å². The van der Waals surface area contributed by atoms with Crippen LogP contribution in [0.2, 0.25) is 0 Å². The molecule has 0 radical (unpaired) electrons. The van der Waals surface area contributed by atoms with Gasteiger partial charge in [0.1, 0.15) is 5.75 Å². The molecule has 2 aromatic carbocycles. The standard InChI is InChI=1S/C25H33N3O5S/c1-32-22-9-11-23(12-10-22)34(30,31)28-13-5-8-21(18-28)25(29)26-24(20-6-3-2-4-7-20)19-27-14-16-33-17-15-27/h2-4,6-7,9-12,21,24H,5,8,13-19H2,1H3,(H,26,29)/t21-,24+/m1/s1. The van der Waals surface area contributed by atoms with Crippen LogP contribution in [0.25, 0.3) is 0 Å². The maximum atomic E-state index is 13.3. The molecule has 8 nitrogen and oxygen atoms in total. The molecule has 2 aliphatic rings. The Morgan fingerprint density at radius 1 is 1.09 bits per heavy atom. The molecule has 0 saturated carbocycles. The number of piperidine rings is 1. The fourth-order valence-electron chi connectivity index (χ4n) is 4.52. The lowest BCUT2D eigenvalue weighted by Gasteiger charge is -2.34. The Balaban J connectivity index is 1.45. The van der Waals surface area contributed by atoms with Crippen molar-refractivity contribution in [1.82, 2.24) is 14.5 Å². The van der Waals surface area contributed by atoms with Crippen LogP contribution in [0.4, 0.5) is 0 Å². The first kappa shape index (κ1) is 24.7. The molecule has 34 heavy (non-hydrogen) atoms. The molecule has 1 N–H and O–H groups in total. The zero-order valence-corrected chi connectivity index (χ0v) is 20.4. The van der Waals surface area contributed by atoms with Gasteiger partial charge in [-0.3, -0.25) is 9.69 Å². The molecule has 2 aromatic rings. The van der Waals surface area contributed by atoms with Gasteiger partial charge in [-0.15, -0.1) is 0 Å². The van der Waals surface area contributed by atoms with Crippen molar-refractivity contribution >= 4 is 15.9 Å². The van der Waals surface area contributed by atoms with Gasteiger partial charge in [0, 0.05) is 32.7 Å². The topological polar surface area (TPSA) is 88.2 Å². The van der Waals surface area contributed by atoms with Gasteiger partial charge in [-0.2, -0.15) is 4.31 Å². The number of ether oxygens (including phenoxy) is 2. The van der Waals surface area contributed by atoms with Crippen molar-refractivity contribution in [2.45, 2.75) is 23.8 Å². The van der Waals surface area contributed by atoms with Crippen molar-refractivity contribution in [2.75, 3.05) is 53.0 Å². The molecular weight excluding hydrogens is 454 g/mol. The van der Waals surface area contributed by atoms with E-state index in [-0.39, 0.29) is 23.4 Å². The third-order valence-corrected chi connectivity index (χ3v) is 8.39. The molecule has 2 heterocycles. The second kappa shape index (κ2) is 11.3. The molecule has 0 bridgehead atoms. The van der Waals surface area contributed by atoms with E-state index in [9.17, 15) is 13.2 Å². The van der Waals surface area contributed by atoms with Crippen LogP contribution in [0.3, 0.4) is 0 Å². The molecular formula is C25H33N3O5S. The van der Waals surface area contributed by atoms with Crippen LogP contribution in [0.15, 0.2) is 59.5 Å². The van der Waals surface area contributed by atoms with Crippen molar-refractivity contribution in [3.8, 4) is 5.75 Å². The lowest BCUT2D eigenvalue weighted by molar-refractivity contribution is -0.127. The van der Waals surface area contributed by atoms with E-state index < -0.39 is 15.9 Å². The van der Waals surface area contributed by atoms with E-state index in [1.807, 2.05) is 30.3 Å². The molecule has 2 aliphatic heterocycles. The van der Waals surface area contributed by atoms with Crippen LogP contribution in [0.1, 0.15) is 24.4 Å². The van der Waals surface area contributed by atoms with Gasteiger partial charge in [0.05, 0.1) is 37.2 Å². The number of benzene rings is 2. The second-order valence-corrected chi connectivity index (χ2v) is 10.7. The number of amides is 1. The quantitative estimate of drug-likeness (QED) is 0.615. The number of nitrogens with one attached hydrogen (secondary N) is 1. The van der Waals surface area contributed by atoms with Crippen LogP contribution in [0, 0.1) is 5.92 Å². The largest absolute Gasteiger partial charge is 0.497 e. The summed E-state index contributed by atoms with van der Waals surface area (Å²) in [5.74, 6) is 0.108. The molecule has 0 unspecified atom stereocenters. The number of hydrogen-bond acceptors (Lipinski definition) is 6. The van der Waals surface area contributed by atoms with E-state index in [1.165, 1.54) is 4.31 Å². The average Bonchev–Trinajstić information content (AvgIpc) is 2.89. The number of methoxy groups -OCH3 is 1. The molecule has 2 atom stereocenters. The van der Waals surface area contributed by atoms with Crippen molar-refractivity contribution in [3.05, 3.63) is 60.2 Å². The molecule has 9 heteroatoms. The van der Waals surface area contributed by atoms with Gasteiger partial charge >= 0.3 is 0 Å². The number of sulfonamides is 1. The summed E-state index contributed by atoms with van der Waals surface area (Å²) < 4.78 is 38.4. The van der Waals surface area contributed by atoms with Gasteiger partial charge in [0.2, 0.25) is 15.9 Å². The number of nitrogens with zero attached hydrogens (tertiary/aromatic N) is 2. The lowest BCUT2D eigenvalue weighted by atomic mass is 9.97. The Morgan fingerprint density at radius 3 is 2.47 bits per heavy atom. The summed E-state index contributed by atoms with van der Waals surface area (Å²) in [6.07, 6.45) is 1.31. The monoisotopic (exact) mass is 487 g/mol. The normalized spacial score (nSPS) is 21.0. The van der Waals surface area contributed by atoms with Gasteiger partial charge in [-0.05, 0) is 42.7 Å². The number of rotatable bonds is 8. The van der Waals surface area contributed by atoms with Crippen molar-refractivity contribution in [3.63, 3.8) is 0 Å². The number of morpholine rings is 1. The Kier molecular flexibility index (Phi) is 8.20. The van der Waals surface area contributed by atoms with Crippen molar-refractivity contribution < 1.29 is 22.7 Å². The van der Waals surface area contributed by atoms with Crippen LogP contribution in [-0.4, -0.2) is 76.6 Å². The van der Waals surface area contributed by atoms with Crippen LogP contribution < -0.4 is 10.1 Å². The highest BCUT2D eigenvalue weighted by atomic mass is 32.2. The third-order valence-electron chi connectivity index (χ3n) is 6.52. The first-order valence-electron chi connectivity index (χ1n) is 11.8. The number of carbonyl (C=O) groups excluding carboxylic acids is 1. The SMILES string of the molecule is COc1ccc(S(=O)(=O)N2CCC[C@@H](C(=O)N[C@@H](CN3CCOCC3)c3ccccc3)C2)cc1. The van der Waals surface area contributed by atoms with Gasteiger partial charge < -0.3 is 14.8 Å². The number of carbonyl (C=O) groups is 1. The fourth-order valence-corrected chi connectivity index (χ4v) is 6.05. The van der Waals surface area contributed by atoms with Gasteiger partial charge in [0.15, 0.2) is 0 Å². The van der Waals surface area contributed by atoms with Crippen LogP contribution >= 0.6 is 0 Å². The summed E-state index contributed by atoms with van der Waals surface area (Å²) in [6, 6.07) is 16.1. The summed E-state index contributed by atoms with van der Waals surface area (Å²) in [7, 11) is -2.14. The molecule has 2 fully saturated rings. The first-order valence-corrected chi connectivity index (χ1v) is 13.2. The van der Waals surface area contributed by atoms with Gasteiger partial charge in [0.25, 0.3) is 0 Å². The molecule has 0 spiro atoms. The van der Waals surface area contributed by atoms with E-state index in [2.05, 4.69) is 10.2 Å². The smallest absolute Gasteiger partial charge is 0.243 e. The van der Waals surface area contributed by atoms with Gasteiger partial charge in [-0.1, -0.05) is 30.3 Å². The predicted molar refractivity (Wildman–Crippen MR) is 129 cm³/mol. The minimum absolute atomic E-state index is 0.100. The maximum Gasteiger partial charge on any atom is 0.243 e. The zero-order valence-electron chi connectivity index (χ0n) is 19.6. The van der Waals surface area contributed by atoms with Crippen molar-refractivity contribution in [2.24, 2.45) is 5.92 Å². The first-order chi connectivity index (χ1) is 16.5.